The van der Waals surface area contributed by atoms with Crippen LogP contribution in [0.2, 0.25) is 6.32 Å². The summed E-state index contributed by atoms with van der Waals surface area (Å²) in [5, 5.41) is 9.49. The van der Waals surface area contributed by atoms with Crippen molar-refractivity contribution in [1.29, 1.82) is 0 Å². The van der Waals surface area contributed by atoms with Crippen LogP contribution in [0.15, 0.2) is 18.2 Å². The normalized spacial score (nSPS) is 13.4. The van der Waals surface area contributed by atoms with Gasteiger partial charge in [0.25, 0.3) is 0 Å². The van der Waals surface area contributed by atoms with E-state index in [0.29, 0.717) is 25.1 Å². The summed E-state index contributed by atoms with van der Waals surface area (Å²) in [5.74, 6) is 0.531. The Hall–Kier alpha value is -1.73. The number of nitrogens with zero attached hydrogens (tertiary/aromatic N) is 1. The Balaban J connectivity index is 2.52. The van der Waals surface area contributed by atoms with Gasteiger partial charge in [-0.3, -0.25) is 4.79 Å². The van der Waals surface area contributed by atoms with E-state index in [-0.39, 0.29) is 0 Å². The Morgan fingerprint density at radius 2 is 1.88 bits per heavy atom. The lowest BCUT2D eigenvalue weighted by Crippen LogP contribution is -2.50. The summed E-state index contributed by atoms with van der Waals surface area (Å²) in [6.45, 7) is 1.47. The second-order valence-corrected chi connectivity index (χ2v) is 6.91. The monoisotopic (exact) mass is 364 g/mol. The number of unbranched alkanes of at least 4 members (excludes halogenated alkanes) is 1. The third-order valence-electron chi connectivity index (χ3n) is 4.82. The lowest BCUT2D eigenvalue weighted by Gasteiger charge is -2.27. The first kappa shape index (κ1) is 22.3. The van der Waals surface area contributed by atoms with E-state index in [1.54, 1.807) is 14.2 Å². The number of carboxylic acid groups (broad SMARTS) is 1. The number of methoxy groups -OCH3 is 2. The smallest absolute Gasteiger partial charge is 0.323 e. The Morgan fingerprint density at radius 3 is 2.46 bits per heavy atom. The van der Waals surface area contributed by atoms with Crippen molar-refractivity contribution in [3.05, 3.63) is 23.8 Å². The molecule has 0 heterocycles. The van der Waals surface area contributed by atoms with E-state index in [2.05, 4.69) is 12.7 Å². The number of rotatable bonds is 13. The van der Waals surface area contributed by atoms with E-state index < -0.39 is 11.5 Å². The van der Waals surface area contributed by atoms with Gasteiger partial charge >= 0.3 is 5.97 Å². The molecule has 0 fully saturated rings. The highest BCUT2D eigenvalue weighted by molar-refractivity contribution is 6.08. The predicted molar refractivity (Wildman–Crippen MR) is 107 cm³/mol. The van der Waals surface area contributed by atoms with Crippen molar-refractivity contribution in [3.63, 3.8) is 0 Å². The van der Waals surface area contributed by atoms with Crippen molar-refractivity contribution in [3.8, 4) is 11.5 Å². The fraction of sp³-hybridized carbons (Fsp3) is 0.632. The van der Waals surface area contributed by atoms with Gasteiger partial charge in [0.05, 0.1) is 14.2 Å². The predicted octanol–water partition coefficient (Wildman–Crippen LogP) is 1.57. The molecule has 7 heteroatoms. The Labute approximate surface area is 158 Å². The zero-order chi connectivity index (χ0) is 19.6. The van der Waals surface area contributed by atoms with E-state index >= 15 is 0 Å². The summed E-state index contributed by atoms with van der Waals surface area (Å²) in [7, 11) is 7.34. The summed E-state index contributed by atoms with van der Waals surface area (Å²) < 4.78 is 10.6. The zero-order valence-electron chi connectivity index (χ0n) is 16.6. The maximum absolute atomic E-state index is 11.6. The number of aliphatic carboxylic acids is 1. The van der Waals surface area contributed by atoms with Crippen molar-refractivity contribution >= 4 is 13.8 Å². The maximum Gasteiger partial charge on any atom is 0.323 e. The van der Waals surface area contributed by atoms with E-state index in [0.717, 1.165) is 43.4 Å². The quantitative estimate of drug-likeness (QED) is 0.408. The van der Waals surface area contributed by atoms with Crippen molar-refractivity contribution in [2.75, 3.05) is 34.4 Å². The molecule has 1 unspecified atom stereocenters. The Morgan fingerprint density at radius 1 is 1.19 bits per heavy atom. The summed E-state index contributed by atoms with van der Waals surface area (Å²) in [6, 6.07) is 5.89. The van der Waals surface area contributed by atoms with Crippen molar-refractivity contribution in [2.24, 2.45) is 5.73 Å². The molecule has 0 bridgehead atoms. The Bertz CT molecular complexity index is 570. The third-order valence-corrected chi connectivity index (χ3v) is 4.82. The van der Waals surface area contributed by atoms with Crippen molar-refractivity contribution in [1.82, 2.24) is 4.90 Å². The molecule has 0 saturated heterocycles. The van der Waals surface area contributed by atoms with Gasteiger partial charge in [-0.25, -0.2) is 0 Å². The van der Waals surface area contributed by atoms with Crippen LogP contribution in [0.3, 0.4) is 0 Å². The number of nitrogens with two attached hydrogens (primary N) is 1. The molecular formula is C19H33BN2O4. The van der Waals surface area contributed by atoms with Crippen LogP contribution < -0.4 is 15.2 Å². The molecule has 1 aromatic rings. The second-order valence-electron chi connectivity index (χ2n) is 6.91. The maximum atomic E-state index is 11.6. The first-order valence-electron chi connectivity index (χ1n) is 9.28. The number of carboxylic acids is 1. The van der Waals surface area contributed by atoms with Crippen LogP contribution >= 0.6 is 0 Å². The van der Waals surface area contributed by atoms with Crippen LogP contribution in [-0.4, -0.2) is 63.7 Å². The first-order chi connectivity index (χ1) is 12.4. The number of hydrogen-bond donors (Lipinski definition) is 2. The van der Waals surface area contributed by atoms with Crippen LogP contribution in [0.5, 0.6) is 11.5 Å². The molecule has 0 aliphatic heterocycles. The number of carbonyl (C=O) groups is 1. The van der Waals surface area contributed by atoms with Crippen LogP contribution in [0.1, 0.15) is 31.2 Å². The molecule has 3 N–H and O–H groups in total. The van der Waals surface area contributed by atoms with Crippen LogP contribution in [0, 0.1) is 0 Å². The van der Waals surface area contributed by atoms with Crippen LogP contribution in [-0.2, 0) is 11.2 Å². The molecule has 26 heavy (non-hydrogen) atoms. The van der Waals surface area contributed by atoms with Gasteiger partial charge in [-0.15, -0.1) is 0 Å². The van der Waals surface area contributed by atoms with Crippen LogP contribution in [0.25, 0.3) is 0 Å². The molecule has 1 rings (SSSR count). The molecule has 0 radical (unpaired) electrons. The molecule has 0 aliphatic carbocycles. The first-order valence-corrected chi connectivity index (χ1v) is 9.28. The van der Waals surface area contributed by atoms with Gasteiger partial charge in [0.1, 0.15) is 13.4 Å². The number of benzene rings is 1. The molecule has 146 valence electrons. The van der Waals surface area contributed by atoms with Crippen LogP contribution in [0.4, 0.5) is 0 Å². The van der Waals surface area contributed by atoms with E-state index in [4.69, 9.17) is 15.2 Å². The molecule has 0 spiro atoms. The lowest BCUT2D eigenvalue weighted by molar-refractivity contribution is -0.144. The minimum Gasteiger partial charge on any atom is -0.493 e. The molecule has 6 nitrogen and oxygen atoms in total. The van der Waals surface area contributed by atoms with Gasteiger partial charge in [0.2, 0.25) is 0 Å². The van der Waals surface area contributed by atoms with Gasteiger partial charge in [-0.05, 0) is 44.0 Å². The van der Waals surface area contributed by atoms with Gasteiger partial charge in [-0.1, -0.05) is 25.2 Å². The van der Waals surface area contributed by atoms with Gasteiger partial charge in [0.15, 0.2) is 11.5 Å². The van der Waals surface area contributed by atoms with Gasteiger partial charge < -0.3 is 25.2 Å². The fourth-order valence-electron chi connectivity index (χ4n) is 2.89. The van der Waals surface area contributed by atoms with E-state index in [1.807, 2.05) is 25.2 Å². The molecule has 1 atom stereocenters. The summed E-state index contributed by atoms with van der Waals surface area (Å²) in [4.78, 5) is 13.7. The van der Waals surface area contributed by atoms with E-state index in [9.17, 15) is 9.90 Å². The minimum atomic E-state index is -1.13. The second kappa shape index (κ2) is 11.1. The SMILES string of the molecule is BCCCCC(N)(CCN(C)CCc1ccc(OC)c(OC)c1)C(=O)O. The summed E-state index contributed by atoms with van der Waals surface area (Å²) in [5.41, 5.74) is 6.17. The zero-order valence-corrected chi connectivity index (χ0v) is 16.6. The Kier molecular flexibility index (Phi) is 9.52. The molecule has 0 saturated carbocycles. The highest BCUT2D eigenvalue weighted by atomic mass is 16.5. The third kappa shape index (κ3) is 6.88. The highest BCUT2D eigenvalue weighted by Crippen LogP contribution is 2.27. The number of ether oxygens (including phenoxy) is 2. The molecular weight excluding hydrogens is 331 g/mol. The largest absolute Gasteiger partial charge is 0.493 e. The van der Waals surface area contributed by atoms with E-state index in [1.165, 1.54) is 0 Å². The molecule has 0 aliphatic rings. The number of likely N-dealkylation sites (N-methyl/N-ethyl adjacent to an activating group) is 1. The molecule has 1 aromatic carbocycles. The van der Waals surface area contributed by atoms with Gasteiger partial charge in [-0.2, -0.15) is 0 Å². The standard InChI is InChI=1S/C19H33BN2O4/c1-22(13-10-19(21,18(23)24)9-4-5-11-20)12-8-15-6-7-16(25-2)17(14-15)26-3/h6-7,14H,4-5,8-13,20-21H2,1-3H3,(H,23,24). The molecule has 0 aromatic heterocycles. The van der Waals surface area contributed by atoms with Gasteiger partial charge in [0, 0.05) is 13.1 Å². The summed E-state index contributed by atoms with van der Waals surface area (Å²) in [6.07, 6.45) is 4.75. The number of hydrogen-bond acceptors (Lipinski definition) is 5. The topological polar surface area (TPSA) is 85.0 Å². The molecule has 0 amide bonds. The lowest BCUT2D eigenvalue weighted by atomic mass is 9.88. The average molecular weight is 364 g/mol. The van der Waals surface area contributed by atoms with Crippen molar-refractivity contribution in [2.45, 2.75) is 44.0 Å². The minimum absolute atomic E-state index is 0.453. The fourth-order valence-corrected chi connectivity index (χ4v) is 2.89. The van der Waals surface area contributed by atoms with Crippen molar-refractivity contribution < 1.29 is 19.4 Å². The summed E-state index contributed by atoms with van der Waals surface area (Å²) >= 11 is 0. The average Bonchev–Trinajstić information content (AvgIpc) is 2.64. The highest BCUT2D eigenvalue weighted by Gasteiger charge is 2.33.